The third-order valence-corrected chi connectivity index (χ3v) is 6.09. The Balaban J connectivity index is 1.41. The van der Waals surface area contributed by atoms with Crippen molar-refractivity contribution in [2.24, 2.45) is 5.92 Å². The predicted octanol–water partition coefficient (Wildman–Crippen LogP) is 3.28. The first-order chi connectivity index (χ1) is 13.6. The molecule has 154 valence electrons. The summed E-state index contributed by atoms with van der Waals surface area (Å²) in [6.45, 7) is 4.77. The van der Waals surface area contributed by atoms with Crippen LogP contribution in [-0.4, -0.2) is 48.9 Å². The molecule has 1 atom stereocenters. The molecule has 3 rings (SSSR count). The highest BCUT2D eigenvalue weighted by Gasteiger charge is 2.28. The van der Waals surface area contributed by atoms with Gasteiger partial charge in [0.25, 0.3) is 5.91 Å². The zero-order valence-electron chi connectivity index (χ0n) is 17.2. The van der Waals surface area contributed by atoms with Gasteiger partial charge in [-0.2, -0.15) is 0 Å². The summed E-state index contributed by atoms with van der Waals surface area (Å²) in [5.41, 5.74) is 1.85. The molecule has 5 nitrogen and oxygen atoms in total. The normalized spacial score (nSPS) is 21.2. The van der Waals surface area contributed by atoms with E-state index in [1.165, 1.54) is 38.5 Å². The molecule has 1 aromatic carbocycles. The zero-order chi connectivity index (χ0) is 19.8. The van der Waals surface area contributed by atoms with Crippen LogP contribution in [-0.2, 0) is 4.79 Å². The van der Waals surface area contributed by atoms with Gasteiger partial charge in [-0.25, -0.2) is 0 Å². The average Bonchev–Trinajstić information content (AvgIpc) is 3.00. The van der Waals surface area contributed by atoms with Crippen molar-refractivity contribution in [3.63, 3.8) is 0 Å². The van der Waals surface area contributed by atoms with Crippen LogP contribution in [0.1, 0.15) is 67.3 Å². The first kappa shape index (κ1) is 20.8. The van der Waals surface area contributed by atoms with Gasteiger partial charge < -0.3 is 15.5 Å². The Bertz CT molecular complexity index is 636. The van der Waals surface area contributed by atoms with Gasteiger partial charge in [0.05, 0.1) is 5.92 Å². The summed E-state index contributed by atoms with van der Waals surface area (Å²) in [6, 6.07) is 8.28. The van der Waals surface area contributed by atoms with E-state index in [2.05, 4.69) is 10.6 Å². The average molecular weight is 386 g/mol. The number of benzene rings is 1. The number of rotatable bonds is 6. The van der Waals surface area contributed by atoms with Gasteiger partial charge in [0.2, 0.25) is 5.91 Å². The Kier molecular flexibility index (Phi) is 7.90. The van der Waals surface area contributed by atoms with Crippen molar-refractivity contribution < 1.29 is 9.59 Å². The lowest BCUT2D eigenvalue weighted by molar-refractivity contribution is -0.126. The lowest BCUT2D eigenvalue weighted by Crippen LogP contribution is -2.46. The number of amides is 2. The maximum atomic E-state index is 12.7. The number of hydrogen-bond acceptors (Lipinski definition) is 3. The van der Waals surface area contributed by atoms with Crippen LogP contribution < -0.4 is 10.6 Å². The molecular weight excluding hydrogens is 350 g/mol. The highest BCUT2D eigenvalue weighted by molar-refractivity contribution is 5.94. The molecule has 2 N–H and O–H groups in total. The fourth-order valence-corrected chi connectivity index (χ4v) is 4.34. The number of piperidine rings is 1. The minimum absolute atomic E-state index is 0.0348. The number of hydrogen-bond donors (Lipinski definition) is 2. The zero-order valence-corrected chi connectivity index (χ0v) is 17.2. The fourth-order valence-electron chi connectivity index (χ4n) is 4.34. The van der Waals surface area contributed by atoms with E-state index >= 15 is 0 Å². The van der Waals surface area contributed by atoms with Gasteiger partial charge in [0.1, 0.15) is 0 Å². The second kappa shape index (κ2) is 10.6. The van der Waals surface area contributed by atoms with Gasteiger partial charge in [-0.3, -0.25) is 9.59 Å². The van der Waals surface area contributed by atoms with Crippen LogP contribution in [0, 0.1) is 12.8 Å². The SMILES string of the molecule is Cc1ccc(C(=O)N2CCCC(C(=O)NCCNC3CCCCCC3)C2)cc1. The van der Waals surface area contributed by atoms with Crippen LogP contribution in [0.5, 0.6) is 0 Å². The summed E-state index contributed by atoms with van der Waals surface area (Å²) in [4.78, 5) is 27.1. The maximum Gasteiger partial charge on any atom is 0.253 e. The summed E-state index contributed by atoms with van der Waals surface area (Å²) >= 11 is 0. The van der Waals surface area contributed by atoms with Crippen molar-refractivity contribution >= 4 is 11.8 Å². The first-order valence-electron chi connectivity index (χ1n) is 11.0. The van der Waals surface area contributed by atoms with Crippen molar-refractivity contribution in [2.75, 3.05) is 26.2 Å². The Morgan fingerprint density at radius 3 is 2.39 bits per heavy atom. The molecule has 2 fully saturated rings. The summed E-state index contributed by atoms with van der Waals surface area (Å²) in [5, 5.41) is 6.67. The molecule has 1 unspecified atom stereocenters. The molecule has 0 spiro atoms. The van der Waals surface area contributed by atoms with Gasteiger partial charge in [-0.05, 0) is 44.7 Å². The highest BCUT2D eigenvalue weighted by atomic mass is 16.2. The molecule has 1 saturated heterocycles. The van der Waals surface area contributed by atoms with Crippen molar-refractivity contribution in [1.82, 2.24) is 15.5 Å². The second-order valence-corrected chi connectivity index (χ2v) is 8.39. The molecule has 0 radical (unpaired) electrons. The number of carbonyl (C=O) groups excluding carboxylic acids is 2. The smallest absolute Gasteiger partial charge is 0.253 e. The van der Waals surface area contributed by atoms with E-state index in [4.69, 9.17) is 0 Å². The van der Waals surface area contributed by atoms with Gasteiger partial charge in [0.15, 0.2) is 0 Å². The molecule has 1 saturated carbocycles. The quantitative estimate of drug-likeness (QED) is 0.584. The Morgan fingerprint density at radius 2 is 1.68 bits per heavy atom. The van der Waals surface area contributed by atoms with Crippen LogP contribution >= 0.6 is 0 Å². The first-order valence-corrected chi connectivity index (χ1v) is 11.0. The predicted molar refractivity (Wildman–Crippen MR) is 112 cm³/mol. The molecule has 1 aliphatic heterocycles. The third kappa shape index (κ3) is 6.06. The van der Waals surface area contributed by atoms with Crippen molar-refractivity contribution in [3.05, 3.63) is 35.4 Å². The standard InChI is InChI=1S/C23H35N3O2/c1-18-10-12-19(13-11-18)23(28)26-16-6-7-20(17-26)22(27)25-15-14-24-21-8-4-2-3-5-9-21/h10-13,20-21,24H,2-9,14-17H2,1H3,(H,25,27). The van der Waals surface area contributed by atoms with Crippen LogP contribution in [0.2, 0.25) is 0 Å². The number of carbonyl (C=O) groups is 2. The van der Waals surface area contributed by atoms with E-state index < -0.39 is 0 Å². The van der Waals surface area contributed by atoms with Crippen LogP contribution in [0.25, 0.3) is 0 Å². The summed E-state index contributed by atoms with van der Waals surface area (Å²) < 4.78 is 0. The van der Waals surface area contributed by atoms with E-state index in [-0.39, 0.29) is 17.7 Å². The van der Waals surface area contributed by atoms with Crippen LogP contribution in [0.15, 0.2) is 24.3 Å². The summed E-state index contributed by atoms with van der Waals surface area (Å²) in [7, 11) is 0. The van der Waals surface area contributed by atoms with Gasteiger partial charge in [-0.15, -0.1) is 0 Å². The van der Waals surface area contributed by atoms with Crippen LogP contribution in [0.4, 0.5) is 0 Å². The maximum absolute atomic E-state index is 12.7. The minimum atomic E-state index is -0.0963. The molecule has 5 heteroatoms. The third-order valence-electron chi connectivity index (χ3n) is 6.09. The van der Waals surface area contributed by atoms with Crippen LogP contribution in [0.3, 0.4) is 0 Å². The molecule has 2 aliphatic rings. The van der Waals surface area contributed by atoms with E-state index in [1.807, 2.05) is 36.1 Å². The Morgan fingerprint density at radius 1 is 0.964 bits per heavy atom. The van der Waals surface area contributed by atoms with Crippen molar-refractivity contribution in [1.29, 1.82) is 0 Å². The molecule has 1 heterocycles. The summed E-state index contributed by atoms with van der Waals surface area (Å²) in [6.07, 6.45) is 9.60. The summed E-state index contributed by atoms with van der Waals surface area (Å²) in [5.74, 6) is 0.0256. The number of aryl methyl sites for hydroxylation is 1. The van der Waals surface area contributed by atoms with Crippen molar-refractivity contribution in [2.45, 2.75) is 64.3 Å². The monoisotopic (exact) mass is 385 g/mol. The topological polar surface area (TPSA) is 61.4 Å². The Hall–Kier alpha value is -1.88. The van der Waals surface area contributed by atoms with E-state index in [0.717, 1.165) is 31.5 Å². The Labute approximate surface area is 169 Å². The van der Waals surface area contributed by atoms with E-state index in [1.54, 1.807) is 0 Å². The molecule has 1 aliphatic carbocycles. The van der Waals surface area contributed by atoms with E-state index in [9.17, 15) is 9.59 Å². The van der Waals surface area contributed by atoms with E-state index in [0.29, 0.717) is 24.7 Å². The number of nitrogens with zero attached hydrogens (tertiary/aromatic N) is 1. The number of likely N-dealkylation sites (tertiary alicyclic amines) is 1. The minimum Gasteiger partial charge on any atom is -0.355 e. The van der Waals surface area contributed by atoms with Gasteiger partial charge in [-0.1, -0.05) is 43.4 Å². The molecule has 0 bridgehead atoms. The highest BCUT2D eigenvalue weighted by Crippen LogP contribution is 2.19. The van der Waals surface area contributed by atoms with Gasteiger partial charge in [0, 0.05) is 37.8 Å². The molecule has 2 amide bonds. The molecule has 28 heavy (non-hydrogen) atoms. The van der Waals surface area contributed by atoms with Gasteiger partial charge >= 0.3 is 0 Å². The molecular formula is C23H35N3O2. The largest absolute Gasteiger partial charge is 0.355 e. The fraction of sp³-hybridized carbons (Fsp3) is 0.652. The molecule has 1 aromatic rings. The van der Waals surface area contributed by atoms with Crippen molar-refractivity contribution in [3.8, 4) is 0 Å². The number of nitrogens with one attached hydrogen (secondary N) is 2. The molecule has 0 aromatic heterocycles. The second-order valence-electron chi connectivity index (χ2n) is 8.39. The lowest BCUT2D eigenvalue weighted by atomic mass is 9.96. The lowest BCUT2D eigenvalue weighted by Gasteiger charge is -2.32.